The average molecular weight is 299 g/mol. The van der Waals surface area contributed by atoms with Crippen LogP contribution in [0.3, 0.4) is 0 Å². The minimum atomic E-state index is -0.247. The summed E-state index contributed by atoms with van der Waals surface area (Å²) in [7, 11) is 1.69. The molecule has 0 saturated carbocycles. The van der Waals surface area contributed by atoms with Crippen molar-refractivity contribution in [2.75, 3.05) is 37.7 Å². The van der Waals surface area contributed by atoms with Gasteiger partial charge in [-0.3, -0.25) is 14.5 Å². The van der Waals surface area contributed by atoms with E-state index in [0.717, 1.165) is 0 Å². The van der Waals surface area contributed by atoms with Crippen LogP contribution in [0.25, 0.3) is 0 Å². The molecule has 0 bridgehead atoms. The molecule has 0 aliphatic carbocycles. The highest BCUT2D eigenvalue weighted by molar-refractivity contribution is 6.34. The summed E-state index contributed by atoms with van der Waals surface area (Å²) >= 11 is 5.96. The van der Waals surface area contributed by atoms with Crippen LogP contribution in [0.1, 0.15) is 6.92 Å². The van der Waals surface area contributed by atoms with Crippen molar-refractivity contribution in [3.63, 3.8) is 0 Å². The van der Waals surface area contributed by atoms with Gasteiger partial charge in [-0.05, 0) is 32.2 Å². The third kappa shape index (κ3) is 5.46. The van der Waals surface area contributed by atoms with E-state index in [1.54, 1.807) is 30.1 Å². The van der Waals surface area contributed by atoms with Crippen molar-refractivity contribution in [1.82, 2.24) is 10.2 Å². The Morgan fingerprint density at radius 2 is 1.95 bits per heavy atom. The third-order valence-electron chi connectivity index (χ3n) is 2.47. The fourth-order valence-electron chi connectivity index (χ4n) is 1.62. The molecule has 1 aromatic carbocycles. The lowest BCUT2D eigenvalue weighted by molar-refractivity contribution is -0.122. The molecule has 0 aliphatic rings. The van der Waals surface area contributed by atoms with Crippen LogP contribution in [0, 0.1) is 0 Å². The number of carbonyl (C=O) groups excluding carboxylic acids is 2. The summed E-state index contributed by atoms with van der Waals surface area (Å²) < 4.78 is 0. The number of halogens is 1. The molecule has 4 N–H and O–H groups in total. The fourth-order valence-corrected chi connectivity index (χ4v) is 1.86. The number of nitrogen functional groups attached to an aromatic ring is 1. The Balaban J connectivity index is 2.49. The number of carbonyl (C=O) groups is 2. The number of benzene rings is 1. The quantitative estimate of drug-likeness (QED) is 0.682. The van der Waals surface area contributed by atoms with E-state index >= 15 is 0 Å². The lowest BCUT2D eigenvalue weighted by Crippen LogP contribution is -2.38. The van der Waals surface area contributed by atoms with Gasteiger partial charge in [0.25, 0.3) is 0 Å². The van der Waals surface area contributed by atoms with Crippen molar-refractivity contribution in [2.45, 2.75) is 6.92 Å². The second-order valence-electron chi connectivity index (χ2n) is 4.41. The molecule has 7 heteroatoms. The molecular weight excluding hydrogens is 280 g/mol. The van der Waals surface area contributed by atoms with Gasteiger partial charge in [0, 0.05) is 12.2 Å². The maximum absolute atomic E-state index is 11.8. The van der Waals surface area contributed by atoms with E-state index in [1.807, 2.05) is 6.92 Å². The minimum absolute atomic E-state index is 0.0951. The Morgan fingerprint density at radius 1 is 1.30 bits per heavy atom. The zero-order chi connectivity index (χ0) is 15.1. The highest BCUT2D eigenvalue weighted by atomic mass is 35.5. The van der Waals surface area contributed by atoms with Crippen molar-refractivity contribution in [3.05, 3.63) is 23.2 Å². The van der Waals surface area contributed by atoms with Gasteiger partial charge in [-0.2, -0.15) is 0 Å². The van der Waals surface area contributed by atoms with Gasteiger partial charge < -0.3 is 16.4 Å². The molecule has 0 aliphatic heterocycles. The Hall–Kier alpha value is -1.79. The predicted molar refractivity (Wildman–Crippen MR) is 80.7 cm³/mol. The van der Waals surface area contributed by atoms with Gasteiger partial charge in [0.2, 0.25) is 11.8 Å². The van der Waals surface area contributed by atoms with Gasteiger partial charge in [0.15, 0.2) is 0 Å². The zero-order valence-electron chi connectivity index (χ0n) is 11.6. The summed E-state index contributed by atoms with van der Waals surface area (Å²) in [5.74, 6) is -0.364. The summed E-state index contributed by atoms with van der Waals surface area (Å²) in [5.41, 5.74) is 6.60. The predicted octanol–water partition coefficient (Wildman–Crippen LogP) is 0.929. The van der Waals surface area contributed by atoms with Crippen LogP contribution in [0.4, 0.5) is 11.4 Å². The number of likely N-dealkylation sites (N-methyl/N-ethyl adjacent to an activating group) is 2. The lowest BCUT2D eigenvalue weighted by Gasteiger charge is -2.16. The van der Waals surface area contributed by atoms with Gasteiger partial charge in [-0.1, -0.05) is 11.6 Å². The van der Waals surface area contributed by atoms with Crippen molar-refractivity contribution in [1.29, 1.82) is 0 Å². The first-order chi connectivity index (χ1) is 9.42. The van der Waals surface area contributed by atoms with Crippen molar-refractivity contribution in [3.8, 4) is 0 Å². The molecule has 1 aromatic rings. The molecular formula is C13H19ClN4O2. The van der Waals surface area contributed by atoms with Crippen LogP contribution in [0.2, 0.25) is 5.02 Å². The lowest BCUT2D eigenvalue weighted by atomic mass is 10.3. The van der Waals surface area contributed by atoms with Crippen LogP contribution >= 0.6 is 11.6 Å². The van der Waals surface area contributed by atoms with E-state index in [4.69, 9.17) is 17.3 Å². The normalized spacial score (nSPS) is 10.4. The molecule has 0 unspecified atom stereocenters. The summed E-state index contributed by atoms with van der Waals surface area (Å²) in [5, 5.41) is 5.72. The molecule has 1 rings (SSSR count). The number of anilines is 2. The molecule has 110 valence electrons. The molecule has 0 radical (unpaired) electrons. The van der Waals surface area contributed by atoms with Gasteiger partial charge in [0.1, 0.15) is 0 Å². The Morgan fingerprint density at radius 3 is 2.55 bits per heavy atom. The van der Waals surface area contributed by atoms with Crippen molar-refractivity contribution in [2.24, 2.45) is 0 Å². The SMILES string of the molecule is CCNC(=O)CN(C)CC(=O)Nc1ccc(N)cc1Cl. The fraction of sp³-hybridized carbons (Fsp3) is 0.385. The van der Waals surface area contributed by atoms with Gasteiger partial charge in [-0.15, -0.1) is 0 Å². The monoisotopic (exact) mass is 298 g/mol. The van der Waals surface area contributed by atoms with Crippen LogP contribution < -0.4 is 16.4 Å². The van der Waals surface area contributed by atoms with Gasteiger partial charge in [-0.25, -0.2) is 0 Å². The number of hydrogen-bond donors (Lipinski definition) is 3. The van der Waals surface area contributed by atoms with E-state index in [0.29, 0.717) is 22.9 Å². The molecule has 0 spiro atoms. The summed E-state index contributed by atoms with van der Waals surface area (Å²) in [4.78, 5) is 24.8. The average Bonchev–Trinajstić information content (AvgIpc) is 2.32. The molecule has 2 amide bonds. The number of nitrogens with two attached hydrogens (primary N) is 1. The molecule has 0 atom stereocenters. The molecule has 0 heterocycles. The van der Waals surface area contributed by atoms with E-state index in [2.05, 4.69) is 10.6 Å². The van der Waals surface area contributed by atoms with Crippen LogP contribution in [-0.4, -0.2) is 43.4 Å². The first kappa shape index (κ1) is 16.3. The largest absolute Gasteiger partial charge is 0.399 e. The maximum atomic E-state index is 11.8. The first-order valence-electron chi connectivity index (χ1n) is 6.22. The number of nitrogens with one attached hydrogen (secondary N) is 2. The molecule has 0 fully saturated rings. The number of hydrogen-bond acceptors (Lipinski definition) is 4. The molecule has 0 saturated heterocycles. The number of amides is 2. The standard InChI is InChI=1S/C13H19ClN4O2/c1-3-16-12(19)7-18(2)8-13(20)17-11-5-4-9(15)6-10(11)14/h4-6H,3,7-8,15H2,1-2H3,(H,16,19)(H,17,20). The highest BCUT2D eigenvalue weighted by Gasteiger charge is 2.11. The van der Waals surface area contributed by atoms with E-state index in [1.165, 1.54) is 0 Å². The van der Waals surface area contributed by atoms with E-state index in [-0.39, 0.29) is 24.9 Å². The minimum Gasteiger partial charge on any atom is -0.399 e. The number of nitrogens with zero attached hydrogens (tertiary/aromatic N) is 1. The van der Waals surface area contributed by atoms with Crippen LogP contribution in [0.5, 0.6) is 0 Å². The second-order valence-corrected chi connectivity index (χ2v) is 4.82. The second kappa shape index (κ2) is 7.72. The van der Waals surface area contributed by atoms with Gasteiger partial charge in [0.05, 0.1) is 23.8 Å². The summed E-state index contributed by atoms with van der Waals surface area (Å²) in [6, 6.07) is 4.86. The molecule has 20 heavy (non-hydrogen) atoms. The molecule has 6 nitrogen and oxygen atoms in total. The Bertz CT molecular complexity index is 493. The smallest absolute Gasteiger partial charge is 0.238 e. The summed E-state index contributed by atoms with van der Waals surface area (Å²) in [6.45, 7) is 2.67. The third-order valence-corrected chi connectivity index (χ3v) is 2.78. The summed E-state index contributed by atoms with van der Waals surface area (Å²) in [6.07, 6.45) is 0. The maximum Gasteiger partial charge on any atom is 0.238 e. The number of rotatable bonds is 6. The van der Waals surface area contributed by atoms with Crippen LogP contribution in [0.15, 0.2) is 18.2 Å². The first-order valence-corrected chi connectivity index (χ1v) is 6.60. The Labute approximate surface area is 123 Å². The molecule has 0 aromatic heterocycles. The van der Waals surface area contributed by atoms with Crippen molar-refractivity contribution >= 4 is 34.8 Å². The Kier molecular flexibility index (Phi) is 6.27. The topological polar surface area (TPSA) is 87.5 Å². The van der Waals surface area contributed by atoms with E-state index in [9.17, 15) is 9.59 Å². The van der Waals surface area contributed by atoms with Gasteiger partial charge >= 0.3 is 0 Å². The highest BCUT2D eigenvalue weighted by Crippen LogP contribution is 2.23. The van der Waals surface area contributed by atoms with Crippen molar-refractivity contribution < 1.29 is 9.59 Å². The van der Waals surface area contributed by atoms with Crippen LogP contribution in [-0.2, 0) is 9.59 Å². The van der Waals surface area contributed by atoms with E-state index < -0.39 is 0 Å². The zero-order valence-corrected chi connectivity index (χ0v) is 12.3.